The molecule has 35 heavy (non-hydrogen) atoms. The summed E-state index contributed by atoms with van der Waals surface area (Å²) in [6.07, 6.45) is 3.77. The first-order valence-corrected chi connectivity index (χ1v) is 13.1. The molecule has 1 atom stereocenters. The van der Waals surface area contributed by atoms with Crippen molar-refractivity contribution in [3.63, 3.8) is 0 Å². The highest BCUT2D eigenvalue weighted by molar-refractivity contribution is 7.22. The van der Waals surface area contributed by atoms with Gasteiger partial charge in [-0.2, -0.15) is 10.1 Å². The molecule has 2 aliphatic rings. The average Bonchev–Trinajstić information content (AvgIpc) is 3.50. The molecular formula is C26H29N7OS. The fourth-order valence-corrected chi connectivity index (χ4v) is 6.14. The zero-order chi connectivity index (χ0) is 23.8. The Morgan fingerprint density at radius 3 is 2.54 bits per heavy atom. The first kappa shape index (κ1) is 22.0. The van der Waals surface area contributed by atoms with Crippen LogP contribution in [0.1, 0.15) is 18.5 Å². The third-order valence-corrected chi connectivity index (χ3v) is 8.20. The molecule has 0 radical (unpaired) electrons. The summed E-state index contributed by atoms with van der Waals surface area (Å²) in [7, 11) is 0. The molecule has 0 aliphatic carbocycles. The van der Waals surface area contributed by atoms with Crippen LogP contribution in [0, 0.1) is 12.8 Å². The third-order valence-electron chi connectivity index (χ3n) is 6.98. The van der Waals surface area contributed by atoms with Crippen LogP contribution in [0.4, 0.5) is 10.9 Å². The topological polar surface area (TPSA) is 70.4 Å². The van der Waals surface area contributed by atoms with Gasteiger partial charge in [0.1, 0.15) is 5.82 Å². The second-order valence-electron chi connectivity index (χ2n) is 9.27. The highest BCUT2D eigenvalue weighted by Gasteiger charge is 2.32. The van der Waals surface area contributed by atoms with Crippen molar-refractivity contribution >= 4 is 38.5 Å². The number of rotatable bonds is 4. The summed E-state index contributed by atoms with van der Waals surface area (Å²) in [5, 5.41) is 5.70. The number of pyridine rings is 1. The number of carbonyl (C=O) groups is 1. The highest BCUT2D eigenvalue weighted by atomic mass is 32.1. The van der Waals surface area contributed by atoms with E-state index in [-0.39, 0.29) is 11.8 Å². The molecular weight excluding hydrogens is 458 g/mol. The van der Waals surface area contributed by atoms with Gasteiger partial charge >= 0.3 is 0 Å². The largest absolute Gasteiger partial charge is 0.353 e. The van der Waals surface area contributed by atoms with Crippen LogP contribution in [0.3, 0.4) is 0 Å². The van der Waals surface area contributed by atoms with Crippen molar-refractivity contribution in [1.82, 2.24) is 24.6 Å². The van der Waals surface area contributed by atoms with E-state index in [0.29, 0.717) is 0 Å². The molecule has 4 aromatic rings. The molecule has 6 rings (SSSR count). The smallest absolute Gasteiger partial charge is 0.227 e. The second-order valence-corrected chi connectivity index (χ2v) is 10.2. The van der Waals surface area contributed by atoms with E-state index in [1.54, 1.807) is 11.3 Å². The lowest BCUT2D eigenvalue weighted by atomic mass is 9.96. The number of piperidine rings is 1. The number of aromatic nitrogens is 4. The molecule has 1 amide bonds. The normalized spacial score (nSPS) is 18.9. The maximum absolute atomic E-state index is 13.4. The van der Waals surface area contributed by atoms with Gasteiger partial charge in [0, 0.05) is 45.5 Å². The van der Waals surface area contributed by atoms with Crippen molar-refractivity contribution < 1.29 is 4.79 Å². The van der Waals surface area contributed by atoms with Gasteiger partial charge < -0.3 is 14.7 Å². The van der Waals surface area contributed by atoms with Gasteiger partial charge in [-0.15, -0.1) is 0 Å². The number of benzene rings is 1. The van der Waals surface area contributed by atoms with E-state index in [1.165, 1.54) is 0 Å². The van der Waals surface area contributed by atoms with Crippen LogP contribution in [0.25, 0.3) is 16.0 Å². The number of hydrogen-bond donors (Lipinski definition) is 0. The summed E-state index contributed by atoms with van der Waals surface area (Å²) < 4.78 is 3.04. The summed E-state index contributed by atoms with van der Waals surface area (Å²) in [5.41, 5.74) is 2.90. The van der Waals surface area contributed by atoms with Gasteiger partial charge in [-0.05, 0) is 44.0 Å². The summed E-state index contributed by atoms with van der Waals surface area (Å²) in [6.45, 7) is 6.85. The Morgan fingerprint density at radius 1 is 0.971 bits per heavy atom. The lowest BCUT2D eigenvalue weighted by Gasteiger charge is -2.39. The van der Waals surface area contributed by atoms with Gasteiger partial charge in [-0.3, -0.25) is 4.79 Å². The SMILES string of the molecule is Cc1nn(-c2ccccc2)c2nc(N3CCCC(C(=O)N4CCN(c5ccccn5)CC4)C3)sc12. The first-order valence-electron chi connectivity index (χ1n) is 12.3. The van der Waals surface area contributed by atoms with Gasteiger partial charge in [0.2, 0.25) is 5.91 Å². The van der Waals surface area contributed by atoms with Crippen LogP contribution in [-0.4, -0.2) is 69.8 Å². The minimum Gasteiger partial charge on any atom is -0.353 e. The predicted octanol–water partition coefficient (Wildman–Crippen LogP) is 3.75. The van der Waals surface area contributed by atoms with Crippen LogP contribution < -0.4 is 9.80 Å². The van der Waals surface area contributed by atoms with Crippen LogP contribution in [0.15, 0.2) is 54.7 Å². The lowest BCUT2D eigenvalue weighted by molar-refractivity contribution is -0.136. The Balaban J connectivity index is 1.15. The van der Waals surface area contributed by atoms with Gasteiger partial charge in [0.25, 0.3) is 0 Å². The first-order chi connectivity index (χ1) is 17.2. The number of amides is 1. The number of para-hydroxylation sites is 1. The summed E-state index contributed by atoms with van der Waals surface area (Å²) in [4.78, 5) is 29.5. The van der Waals surface area contributed by atoms with Crippen molar-refractivity contribution in [1.29, 1.82) is 0 Å². The molecule has 2 fully saturated rings. The molecule has 0 N–H and O–H groups in total. The fourth-order valence-electron chi connectivity index (χ4n) is 5.11. The van der Waals surface area contributed by atoms with Crippen LogP contribution in [-0.2, 0) is 4.79 Å². The van der Waals surface area contributed by atoms with E-state index in [1.807, 2.05) is 71.2 Å². The molecule has 0 bridgehead atoms. The molecule has 9 heteroatoms. The third kappa shape index (κ3) is 4.25. The number of piperazine rings is 1. The number of carbonyl (C=O) groups excluding carboxylic acids is 1. The summed E-state index contributed by atoms with van der Waals surface area (Å²) >= 11 is 1.69. The Hall–Kier alpha value is -3.46. The minimum absolute atomic E-state index is 0.0175. The number of fused-ring (bicyclic) bond motifs is 1. The summed E-state index contributed by atoms with van der Waals surface area (Å²) in [5.74, 6) is 1.29. The minimum atomic E-state index is 0.0175. The quantitative estimate of drug-likeness (QED) is 0.437. The number of hydrogen-bond acceptors (Lipinski definition) is 7. The number of thiazole rings is 1. The van der Waals surface area contributed by atoms with E-state index in [0.717, 1.165) is 84.8 Å². The Morgan fingerprint density at radius 2 is 1.77 bits per heavy atom. The standard InChI is InChI=1S/C26H29N7OS/c1-19-23-24(33(29-19)21-9-3-2-4-10-21)28-26(35-23)32-13-7-8-20(18-32)25(34)31-16-14-30(15-17-31)22-11-5-6-12-27-22/h2-6,9-12,20H,7-8,13-18H2,1H3. The molecule has 8 nitrogen and oxygen atoms in total. The van der Waals surface area contributed by atoms with Crippen molar-refractivity contribution in [2.24, 2.45) is 5.92 Å². The van der Waals surface area contributed by atoms with Gasteiger partial charge in [0.05, 0.1) is 22.0 Å². The highest BCUT2D eigenvalue weighted by Crippen LogP contribution is 2.34. The molecule has 5 heterocycles. The molecule has 180 valence electrons. The molecule has 0 saturated carbocycles. The Bertz CT molecular complexity index is 1310. The van der Waals surface area contributed by atoms with E-state index in [2.05, 4.69) is 14.8 Å². The second kappa shape index (κ2) is 9.30. The van der Waals surface area contributed by atoms with Crippen LogP contribution in [0.2, 0.25) is 0 Å². The zero-order valence-electron chi connectivity index (χ0n) is 19.9. The molecule has 3 aromatic heterocycles. The van der Waals surface area contributed by atoms with Crippen molar-refractivity contribution in [3.8, 4) is 5.69 Å². The monoisotopic (exact) mass is 487 g/mol. The molecule has 1 unspecified atom stereocenters. The van der Waals surface area contributed by atoms with E-state index in [4.69, 9.17) is 10.1 Å². The maximum atomic E-state index is 13.4. The van der Waals surface area contributed by atoms with E-state index in [9.17, 15) is 4.79 Å². The van der Waals surface area contributed by atoms with Crippen LogP contribution >= 0.6 is 11.3 Å². The van der Waals surface area contributed by atoms with Crippen molar-refractivity contribution in [2.45, 2.75) is 19.8 Å². The molecule has 2 aliphatic heterocycles. The predicted molar refractivity (Wildman–Crippen MR) is 139 cm³/mol. The average molecular weight is 488 g/mol. The maximum Gasteiger partial charge on any atom is 0.227 e. The van der Waals surface area contributed by atoms with Crippen LogP contribution in [0.5, 0.6) is 0 Å². The summed E-state index contributed by atoms with van der Waals surface area (Å²) in [6, 6.07) is 16.1. The zero-order valence-corrected chi connectivity index (χ0v) is 20.7. The number of aryl methyl sites for hydroxylation is 1. The van der Waals surface area contributed by atoms with Crippen molar-refractivity contribution in [2.75, 3.05) is 49.1 Å². The van der Waals surface area contributed by atoms with Gasteiger partial charge in [-0.1, -0.05) is 35.6 Å². The molecule has 2 saturated heterocycles. The number of anilines is 2. The molecule has 1 aromatic carbocycles. The Kier molecular flexibility index (Phi) is 5.85. The van der Waals surface area contributed by atoms with E-state index >= 15 is 0 Å². The number of nitrogens with zero attached hydrogens (tertiary/aromatic N) is 7. The van der Waals surface area contributed by atoms with E-state index < -0.39 is 0 Å². The lowest BCUT2D eigenvalue weighted by Crippen LogP contribution is -2.52. The fraction of sp³-hybridized carbons (Fsp3) is 0.385. The molecule has 0 spiro atoms. The Labute approximate surface area is 208 Å². The van der Waals surface area contributed by atoms with Crippen molar-refractivity contribution in [3.05, 3.63) is 60.4 Å². The van der Waals surface area contributed by atoms with Gasteiger partial charge in [0.15, 0.2) is 10.8 Å². The van der Waals surface area contributed by atoms with Gasteiger partial charge in [-0.25, -0.2) is 9.67 Å².